The summed E-state index contributed by atoms with van der Waals surface area (Å²) >= 11 is 7.34. The summed E-state index contributed by atoms with van der Waals surface area (Å²) in [6.45, 7) is 0. The topological polar surface area (TPSA) is 76.9 Å². The first kappa shape index (κ1) is 19.3. The van der Waals surface area contributed by atoms with Crippen molar-refractivity contribution < 1.29 is 4.79 Å². The van der Waals surface area contributed by atoms with Crippen LogP contribution in [0.25, 0.3) is 10.8 Å². The maximum atomic E-state index is 12.5. The van der Waals surface area contributed by atoms with Gasteiger partial charge in [-0.25, -0.2) is 9.67 Å². The summed E-state index contributed by atoms with van der Waals surface area (Å²) in [6.07, 6.45) is 2.53. The number of aryl methyl sites for hydroxylation is 1. The van der Waals surface area contributed by atoms with Crippen molar-refractivity contribution in [1.29, 1.82) is 0 Å². The van der Waals surface area contributed by atoms with Gasteiger partial charge in [0.2, 0.25) is 5.91 Å². The first-order valence-electron chi connectivity index (χ1n) is 8.93. The summed E-state index contributed by atoms with van der Waals surface area (Å²) in [5, 5.41) is 9.56. The lowest BCUT2D eigenvalue weighted by Crippen LogP contribution is -2.24. The van der Waals surface area contributed by atoms with E-state index in [9.17, 15) is 9.59 Å². The number of thiazole rings is 1. The zero-order valence-electron chi connectivity index (χ0n) is 15.6. The summed E-state index contributed by atoms with van der Waals surface area (Å²) in [5.41, 5.74) is 1.49. The van der Waals surface area contributed by atoms with Gasteiger partial charge in [-0.15, -0.1) is 11.3 Å². The van der Waals surface area contributed by atoms with Crippen molar-refractivity contribution >= 4 is 44.7 Å². The lowest BCUT2D eigenvalue weighted by atomic mass is 10.1. The molecule has 0 aliphatic carbocycles. The summed E-state index contributed by atoms with van der Waals surface area (Å²) in [4.78, 5) is 30.1. The van der Waals surface area contributed by atoms with Crippen LogP contribution in [0.5, 0.6) is 0 Å². The fraction of sp³-hybridized carbons (Fsp3) is 0.143. The van der Waals surface area contributed by atoms with Crippen LogP contribution in [0.2, 0.25) is 5.02 Å². The fourth-order valence-corrected chi connectivity index (χ4v) is 4.06. The van der Waals surface area contributed by atoms with E-state index in [1.807, 2.05) is 30.3 Å². The normalized spacial score (nSPS) is 11.0. The van der Waals surface area contributed by atoms with E-state index in [1.54, 1.807) is 31.4 Å². The zero-order chi connectivity index (χ0) is 20.4. The maximum Gasteiger partial charge on any atom is 0.274 e. The Hall–Kier alpha value is -3.03. The third-order valence-electron chi connectivity index (χ3n) is 4.45. The van der Waals surface area contributed by atoms with Crippen LogP contribution in [0.1, 0.15) is 16.1 Å². The maximum absolute atomic E-state index is 12.5. The number of aromatic nitrogens is 3. The number of fused-ring (bicyclic) bond motifs is 1. The van der Waals surface area contributed by atoms with E-state index < -0.39 is 0 Å². The quantitative estimate of drug-likeness (QED) is 0.528. The van der Waals surface area contributed by atoms with E-state index >= 15 is 0 Å². The van der Waals surface area contributed by atoms with Gasteiger partial charge in [0.25, 0.3) is 5.56 Å². The van der Waals surface area contributed by atoms with Gasteiger partial charge in [-0.2, -0.15) is 5.10 Å². The van der Waals surface area contributed by atoms with E-state index in [4.69, 9.17) is 11.6 Å². The predicted molar refractivity (Wildman–Crippen MR) is 116 cm³/mol. The molecule has 0 atom stereocenters. The smallest absolute Gasteiger partial charge is 0.274 e. The monoisotopic (exact) mass is 424 g/mol. The van der Waals surface area contributed by atoms with Crippen molar-refractivity contribution in [3.8, 4) is 0 Å². The molecule has 146 valence electrons. The van der Waals surface area contributed by atoms with Gasteiger partial charge in [-0.1, -0.05) is 41.9 Å². The number of nitrogens with one attached hydrogen (secondary N) is 1. The third kappa shape index (κ3) is 4.36. The number of rotatable bonds is 5. The molecular formula is C21H17ClN4O2S. The molecule has 2 heterocycles. The molecule has 4 rings (SSSR count). The van der Waals surface area contributed by atoms with Crippen LogP contribution in [0, 0.1) is 0 Å². The predicted octanol–water partition coefficient (Wildman–Crippen LogP) is 3.82. The molecule has 1 N–H and O–H groups in total. The molecular weight excluding hydrogens is 408 g/mol. The number of hydrogen-bond donors (Lipinski definition) is 1. The Morgan fingerprint density at radius 3 is 2.62 bits per heavy atom. The molecule has 1 amide bonds. The van der Waals surface area contributed by atoms with Gasteiger partial charge in [-0.3, -0.25) is 9.59 Å². The van der Waals surface area contributed by atoms with Crippen molar-refractivity contribution in [3.63, 3.8) is 0 Å². The molecule has 8 heteroatoms. The van der Waals surface area contributed by atoms with E-state index in [2.05, 4.69) is 15.4 Å². The minimum absolute atomic E-state index is 0.0563. The highest BCUT2D eigenvalue weighted by molar-refractivity contribution is 7.15. The molecule has 0 aliphatic rings. The number of nitrogens with zero attached hydrogens (tertiary/aromatic N) is 3. The number of halogens is 1. The molecule has 4 aromatic rings. The average Bonchev–Trinajstić information content (AvgIpc) is 3.14. The molecule has 29 heavy (non-hydrogen) atoms. The van der Waals surface area contributed by atoms with E-state index in [0.29, 0.717) is 26.6 Å². The Balaban J connectivity index is 1.48. The molecule has 0 spiro atoms. The summed E-state index contributed by atoms with van der Waals surface area (Å²) in [7, 11) is 1.58. The number of carbonyl (C=O) groups is 1. The summed E-state index contributed by atoms with van der Waals surface area (Å²) < 4.78 is 1.26. The Bertz CT molecular complexity index is 1250. The summed E-state index contributed by atoms with van der Waals surface area (Å²) in [6, 6.07) is 14.8. The Morgan fingerprint density at radius 2 is 1.86 bits per heavy atom. The van der Waals surface area contributed by atoms with E-state index in [0.717, 1.165) is 16.9 Å². The van der Waals surface area contributed by atoms with Crippen LogP contribution >= 0.6 is 22.9 Å². The molecule has 6 nitrogen and oxygen atoms in total. The molecule has 0 saturated carbocycles. The van der Waals surface area contributed by atoms with Crippen molar-refractivity contribution in [3.05, 3.63) is 86.2 Å². The lowest BCUT2D eigenvalue weighted by molar-refractivity contribution is -0.115. The minimum atomic E-state index is -0.228. The molecule has 0 bridgehead atoms. The number of anilines is 1. The van der Waals surface area contributed by atoms with Gasteiger partial charge in [-0.05, 0) is 23.8 Å². The second-order valence-corrected chi connectivity index (χ2v) is 8.13. The highest BCUT2D eigenvalue weighted by atomic mass is 35.5. The van der Waals surface area contributed by atoms with Gasteiger partial charge in [0.05, 0.1) is 17.5 Å². The average molecular weight is 425 g/mol. The van der Waals surface area contributed by atoms with Crippen LogP contribution in [0.4, 0.5) is 5.13 Å². The minimum Gasteiger partial charge on any atom is -0.302 e. The molecule has 0 unspecified atom stereocenters. The largest absolute Gasteiger partial charge is 0.302 e. The number of carbonyl (C=O) groups excluding carboxylic acids is 1. The highest BCUT2D eigenvalue weighted by Gasteiger charge is 2.14. The summed E-state index contributed by atoms with van der Waals surface area (Å²) in [5.74, 6) is -0.228. The third-order valence-corrected chi connectivity index (χ3v) is 5.62. The number of benzene rings is 2. The lowest BCUT2D eigenvalue weighted by Gasteiger charge is -2.07. The molecule has 0 fully saturated rings. The molecule has 2 aromatic carbocycles. The van der Waals surface area contributed by atoms with Gasteiger partial charge in [0.15, 0.2) is 5.13 Å². The first-order chi connectivity index (χ1) is 14.0. The van der Waals surface area contributed by atoms with Crippen molar-refractivity contribution in [2.24, 2.45) is 7.05 Å². The molecule has 0 saturated heterocycles. The van der Waals surface area contributed by atoms with E-state index in [-0.39, 0.29) is 17.9 Å². The molecule has 0 aliphatic heterocycles. The zero-order valence-corrected chi connectivity index (χ0v) is 17.1. The molecule has 2 aromatic heterocycles. The number of amides is 1. The molecule has 0 radical (unpaired) electrons. The fourth-order valence-electron chi connectivity index (χ4n) is 3.07. The van der Waals surface area contributed by atoms with Crippen LogP contribution in [0.15, 0.2) is 59.5 Å². The Morgan fingerprint density at radius 1 is 1.14 bits per heavy atom. The Kier molecular flexibility index (Phi) is 5.42. The van der Waals surface area contributed by atoms with Crippen LogP contribution in [-0.4, -0.2) is 20.7 Å². The van der Waals surface area contributed by atoms with Crippen molar-refractivity contribution in [2.45, 2.75) is 12.8 Å². The van der Waals surface area contributed by atoms with Crippen molar-refractivity contribution in [2.75, 3.05) is 5.32 Å². The van der Waals surface area contributed by atoms with Gasteiger partial charge in [0.1, 0.15) is 0 Å². The van der Waals surface area contributed by atoms with Crippen LogP contribution in [-0.2, 0) is 24.7 Å². The SMILES string of the molecule is Cn1nc(CC(=O)Nc2ncc(Cc3ccc(Cl)cc3)s2)c2ccccc2c1=O. The van der Waals surface area contributed by atoms with Gasteiger partial charge < -0.3 is 5.32 Å². The standard InChI is InChI=1S/C21H17ClN4O2S/c1-26-20(28)17-5-3-2-4-16(17)18(25-26)11-19(27)24-21-23-12-15(29-21)10-13-6-8-14(22)9-7-13/h2-9,12H,10-11H2,1H3,(H,23,24,27). The highest BCUT2D eigenvalue weighted by Crippen LogP contribution is 2.22. The first-order valence-corrected chi connectivity index (χ1v) is 10.1. The van der Waals surface area contributed by atoms with Crippen molar-refractivity contribution in [1.82, 2.24) is 14.8 Å². The number of hydrogen-bond acceptors (Lipinski definition) is 5. The Labute approximate surface area is 175 Å². The second-order valence-electron chi connectivity index (χ2n) is 6.58. The van der Waals surface area contributed by atoms with Gasteiger partial charge >= 0.3 is 0 Å². The van der Waals surface area contributed by atoms with Gasteiger partial charge in [0, 0.05) is 35.0 Å². The van der Waals surface area contributed by atoms with Crippen LogP contribution < -0.4 is 10.9 Å². The van der Waals surface area contributed by atoms with E-state index in [1.165, 1.54) is 16.0 Å². The second kappa shape index (κ2) is 8.14. The van der Waals surface area contributed by atoms with Crippen LogP contribution in [0.3, 0.4) is 0 Å².